The first-order chi connectivity index (χ1) is 8.67. The second-order valence-corrected chi connectivity index (χ2v) is 6.67. The zero-order chi connectivity index (χ0) is 12.6. The van der Waals surface area contributed by atoms with Crippen molar-refractivity contribution in [2.45, 2.75) is 44.1 Å². The Bertz CT molecular complexity index is 438. The molecule has 98 valence electrons. The number of ether oxygens (including phenoxy) is 1. The predicted molar refractivity (Wildman–Crippen MR) is 76.7 cm³/mol. The fraction of sp³-hybridized carbons (Fsp3) is 0.600. The highest BCUT2D eigenvalue weighted by Crippen LogP contribution is 2.44. The normalized spacial score (nSPS) is 22.1. The molecule has 3 rings (SSSR count). The molecule has 3 heteroatoms. The van der Waals surface area contributed by atoms with E-state index in [1.807, 2.05) is 6.07 Å². The zero-order valence-corrected chi connectivity index (χ0v) is 12.2. The smallest absolute Gasteiger partial charge is 0.124 e. The maximum atomic E-state index is 6.45. The molecule has 0 amide bonds. The minimum atomic E-state index is -0.154. The first-order valence-electron chi connectivity index (χ1n) is 6.89. The van der Waals surface area contributed by atoms with E-state index in [2.05, 4.69) is 28.1 Å². The Morgan fingerprint density at radius 3 is 2.61 bits per heavy atom. The van der Waals surface area contributed by atoms with Crippen molar-refractivity contribution in [2.24, 2.45) is 11.7 Å². The van der Waals surface area contributed by atoms with Crippen LogP contribution < -0.4 is 10.5 Å². The van der Waals surface area contributed by atoms with Crippen molar-refractivity contribution in [3.8, 4) is 5.75 Å². The Morgan fingerprint density at radius 1 is 1.28 bits per heavy atom. The highest BCUT2D eigenvalue weighted by Gasteiger charge is 2.37. The van der Waals surface area contributed by atoms with E-state index < -0.39 is 0 Å². The maximum Gasteiger partial charge on any atom is 0.124 e. The fourth-order valence-corrected chi connectivity index (χ4v) is 3.07. The summed E-state index contributed by atoms with van der Waals surface area (Å²) in [5.74, 6) is 1.75. The second kappa shape index (κ2) is 4.86. The van der Waals surface area contributed by atoms with Crippen LogP contribution in [0.5, 0.6) is 5.75 Å². The summed E-state index contributed by atoms with van der Waals surface area (Å²) in [6, 6.07) is 6.24. The Labute approximate surface area is 117 Å². The molecule has 1 aromatic rings. The van der Waals surface area contributed by atoms with Crippen LogP contribution in [0.4, 0.5) is 0 Å². The van der Waals surface area contributed by atoms with Gasteiger partial charge in [-0.3, -0.25) is 0 Å². The summed E-state index contributed by atoms with van der Waals surface area (Å²) in [4.78, 5) is 0. The highest BCUT2D eigenvalue weighted by molar-refractivity contribution is 9.10. The van der Waals surface area contributed by atoms with Crippen LogP contribution >= 0.6 is 15.9 Å². The van der Waals surface area contributed by atoms with Gasteiger partial charge in [0, 0.05) is 15.6 Å². The maximum absolute atomic E-state index is 6.45. The molecule has 2 fully saturated rings. The number of rotatable bonds is 4. The molecule has 0 radical (unpaired) electrons. The monoisotopic (exact) mass is 309 g/mol. The summed E-state index contributed by atoms with van der Waals surface area (Å²) in [6.07, 6.45) is 7.37. The van der Waals surface area contributed by atoms with E-state index in [0.29, 0.717) is 0 Å². The number of halogens is 1. The fourth-order valence-electron chi connectivity index (χ4n) is 2.71. The van der Waals surface area contributed by atoms with Crippen molar-refractivity contribution in [3.05, 3.63) is 28.2 Å². The highest BCUT2D eigenvalue weighted by atomic mass is 79.9. The molecule has 2 N–H and O–H groups in total. The minimum Gasteiger partial charge on any atom is -0.493 e. The molecule has 0 saturated heterocycles. The van der Waals surface area contributed by atoms with Gasteiger partial charge >= 0.3 is 0 Å². The lowest BCUT2D eigenvalue weighted by Crippen LogP contribution is -2.43. The van der Waals surface area contributed by atoms with Gasteiger partial charge in [-0.1, -0.05) is 22.4 Å². The molecule has 0 heterocycles. The number of nitrogens with two attached hydrogens (primary N) is 1. The van der Waals surface area contributed by atoms with Gasteiger partial charge in [0.25, 0.3) is 0 Å². The van der Waals surface area contributed by atoms with Crippen LogP contribution in [0, 0.1) is 5.92 Å². The molecule has 1 aromatic carbocycles. The average Bonchev–Trinajstić information content (AvgIpc) is 2.25. The molecule has 0 unspecified atom stereocenters. The average molecular weight is 310 g/mol. The predicted octanol–water partition coefficient (Wildman–Crippen LogP) is 3.97. The lowest BCUT2D eigenvalue weighted by molar-refractivity contribution is 0.171. The van der Waals surface area contributed by atoms with Gasteiger partial charge in [-0.05, 0) is 56.2 Å². The molecule has 18 heavy (non-hydrogen) atoms. The molecule has 2 aliphatic carbocycles. The third kappa shape index (κ3) is 2.30. The van der Waals surface area contributed by atoms with Gasteiger partial charge in [0.1, 0.15) is 5.75 Å². The summed E-state index contributed by atoms with van der Waals surface area (Å²) in [5.41, 5.74) is 7.47. The van der Waals surface area contributed by atoms with Gasteiger partial charge < -0.3 is 10.5 Å². The van der Waals surface area contributed by atoms with E-state index >= 15 is 0 Å². The summed E-state index contributed by atoms with van der Waals surface area (Å²) in [5, 5.41) is 0. The van der Waals surface area contributed by atoms with Crippen molar-refractivity contribution in [2.75, 3.05) is 6.61 Å². The second-order valence-electron chi connectivity index (χ2n) is 5.76. The van der Waals surface area contributed by atoms with Crippen LogP contribution in [0.3, 0.4) is 0 Å². The SMILES string of the molecule is NC1(c2cc(Br)ccc2OCC2CCC2)CCC1. The Morgan fingerprint density at radius 2 is 2.06 bits per heavy atom. The molecule has 2 nitrogen and oxygen atoms in total. The van der Waals surface area contributed by atoms with Gasteiger partial charge in [-0.25, -0.2) is 0 Å². The number of hydrogen-bond acceptors (Lipinski definition) is 2. The minimum absolute atomic E-state index is 0.154. The Kier molecular flexibility index (Phi) is 3.37. The quantitative estimate of drug-likeness (QED) is 0.913. The summed E-state index contributed by atoms with van der Waals surface area (Å²) >= 11 is 3.54. The third-order valence-corrected chi connectivity index (χ3v) is 4.92. The van der Waals surface area contributed by atoms with Crippen molar-refractivity contribution in [3.63, 3.8) is 0 Å². The molecule has 0 spiro atoms. The molecule has 0 bridgehead atoms. The van der Waals surface area contributed by atoms with Crippen LogP contribution in [0.15, 0.2) is 22.7 Å². The van der Waals surface area contributed by atoms with Crippen molar-refractivity contribution in [1.82, 2.24) is 0 Å². The largest absolute Gasteiger partial charge is 0.493 e. The van der Waals surface area contributed by atoms with Gasteiger partial charge in [-0.15, -0.1) is 0 Å². The van der Waals surface area contributed by atoms with Crippen molar-refractivity contribution in [1.29, 1.82) is 0 Å². The first kappa shape index (κ1) is 12.5. The zero-order valence-electron chi connectivity index (χ0n) is 10.6. The standard InChI is InChI=1S/C15H20BrNO/c16-12-5-6-14(18-10-11-3-1-4-11)13(9-12)15(17)7-2-8-15/h5-6,9,11H,1-4,7-8,10,17H2. The van der Waals surface area contributed by atoms with Crippen LogP contribution in [0.25, 0.3) is 0 Å². The lowest BCUT2D eigenvalue weighted by atomic mass is 9.72. The van der Waals surface area contributed by atoms with E-state index in [9.17, 15) is 0 Å². The lowest BCUT2D eigenvalue weighted by Gasteiger charge is -2.40. The number of benzene rings is 1. The molecule has 0 aromatic heterocycles. The topological polar surface area (TPSA) is 35.2 Å². The molecule has 0 atom stereocenters. The summed E-state index contributed by atoms with van der Waals surface area (Å²) < 4.78 is 7.11. The van der Waals surface area contributed by atoms with Gasteiger partial charge in [0.15, 0.2) is 0 Å². The van der Waals surface area contributed by atoms with Crippen LogP contribution in [-0.2, 0) is 5.54 Å². The van der Waals surface area contributed by atoms with E-state index in [-0.39, 0.29) is 5.54 Å². The van der Waals surface area contributed by atoms with E-state index in [4.69, 9.17) is 10.5 Å². The molecule has 0 aliphatic heterocycles. The van der Waals surface area contributed by atoms with E-state index in [0.717, 1.165) is 35.6 Å². The van der Waals surface area contributed by atoms with Crippen LogP contribution in [0.1, 0.15) is 44.1 Å². The summed E-state index contributed by atoms with van der Waals surface area (Å²) in [6.45, 7) is 0.852. The first-order valence-corrected chi connectivity index (χ1v) is 7.68. The van der Waals surface area contributed by atoms with E-state index in [1.54, 1.807) is 0 Å². The molecular weight excluding hydrogens is 290 g/mol. The van der Waals surface area contributed by atoms with Gasteiger partial charge in [0.2, 0.25) is 0 Å². The summed E-state index contributed by atoms with van der Waals surface area (Å²) in [7, 11) is 0. The van der Waals surface area contributed by atoms with Gasteiger partial charge in [-0.2, -0.15) is 0 Å². The molecule has 2 aliphatic rings. The number of hydrogen-bond donors (Lipinski definition) is 1. The molecular formula is C15H20BrNO. The van der Waals surface area contributed by atoms with Gasteiger partial charge in [0.05, 0.1) is 6.61 Å². The Balaban J connectivity index is 1.78. The van der Waals surface area contributed by atoms with Crippen LogP contribution in [0.2, 0.25) is 0 Å². The molecule has 2 saturated carbocycles. The van der Waals surface area contributed by atoms with E-state index in [1.165, 1.54) is 31.2 Å². The Hall–Kier alpha value is -0.540. The van der Waals surface area contributed by atoms with Crippen molar-refractivity contribution < 1.29 is 4.74 Å². The third-order valence-electron chi connectivity index (χ3n) is 4.42. The van der Waals surface area contributed by atoms with Crippen LogP contribution in [-0.4, -0.2) is 6.61 Å². The van der Waals surface area contributed by atoms with Crippen molar-refractivity contribution >= 4 is 15.9 Å².